The number of hydrogen-bond donors (Lipinski definition) is 3. The highest BCUT2D eigenvalue weighted by Crippen LogP contribution is 2.42. The molecule has 26 heavy (non-hydrogen) atoms. The molecule has 0 unspecified atom stereocenters. The number of aromatic nitrogens is 1. The van der Waals surface area contributed by atoms with Crippen LogP contribution in [0, 0.1) is 6.92 Å². The van der Waals surface area contributed by atoms with Crippen LogP contribution >= 0.6 is 0 Å². The van der Waals surface area contributed by atoms with Crippen LogP contribution in [-0.4, -0.2) is 28.7 Å². The number of aryl methyl sites for hydroxylation is 1. The minimum atomic E-state index is -4.94. The maximum Gasteiger partial charge on any atom is 0.424 e. The maximum atomic E-state index is 13.4. The zero-order valence-electron chi connectivity index (χ0n) is 13.9. The van der Waals surface area contributed by atoms with Crippen molar-refractivity contribution >= 4 is 16.8 Å². The summed E-state index contributed by atoms with van der Waals surface area (Å²) in [5.74, 6) is -0.864. The Morgan fingerprint density at radius 3 is 2.62 bits per heavy atom. The molecule has 0 spiro atoms. The van der Waals surface area contributed by atoms with Gasteiger partial charge < -0.3 is 19.8 Å². The smallest absolute Gasteiger partial charge is 0.424 e. The number of amides is 1. The number of fused-ring (bicyclic) bond motifs is 1. The molecule has 5 nitrogen and oxygen atoms in total. The molecule has 1 atom stereocenters. The Morgan fingerprint density at radius 2 is 1.96 bits per heavy atom. The van der Waals surface area contributed by atoms with Crippen molar-refractivity contribution in [3.05, 3.63) is 59.7 Å². The van der Waals surface area contributed by atoms with Gasteiger partial charge in [0.25, 0.3) is 5.91 Å². The first kappa shape index (κ1) is 18.1. The van der Waals surface area contributed by atoms with E-state index in [1.165, 1.54) is 19.2 Å². The third-order valence-electron chi connectivity index (χ3n) is 4.22. The molecule has 0 aliphatic carbocycles. The summed E-state index contributed by atoms with van der Waals surface area (Å²) < 4.78 is 45.1. The number of carbonyl (C=O) groups is 1. The quantitative estimate of drug-likeness (QED) is 0.645. The predicted octanol–water partition coefficient (Wildman–Crippen LogP) is 3.64. The van der Waals surface area contributed by atoms with Gasteiger partial charge in [-0.25, -0.2) is 0 Å². The highest BCUT2D eigenvalue weighted by molar-refractivity contribution is 6.06. The summed E-state index contributed by atoms with van der Waals surface area (Å²) in [5.41, 5.74) is -2.10. The number of halogens is 3. The van der Waals surface area contributed by atoms with E-state index in [0.717, 1.165) is 11.6 Å². The van der Waals surface area contributed by atoms with Crippen molar-refractivity contribution in [2.45, 2.75) is 25.1 Å². The molecule has 0 aliphatic heterocycles. The normalized spacial score (nSPS) is 14.3. The Hall–Kier alpha value is -2.74. The van der Waals surface area contributed by atoms with Gasteiger partial charge in [0, 0.05) is 30.1 Å². The fourth-order valence-corrected chi connectivity index (χ4v) is 2.77. The van der Waals surface area contributed by atoms with Gasteiger partial charge in [0.1, 0.15) is 11.5 Å². The van der Waals surface area contributed by atoms with Crippen LogP contribution in [0.2, 0.25) is 0 Å². The van der Waals surface area contributed by atoms with Gasteiger partial charge in [0.15, 0.2) is 0 Å². The zero-order valence-corrected chi connectivity index (χ0v) is 13.9. The summed E-state index contributed by atoms with van der Waals surface area (Å²) in [6.45, 7) is 1.10. The first-order valence-electron chi connectivity index (χ1n) is 7.93. The Balaban J connectivity index is 1.73. The lowest BCUT2D eigenvalue weighted by atomic mass is 9.95. The van der Waals surface area contributed by atoms with Gasteiger partial charge in [-0.3, -0.25) is 4.79 Å². The molecule has 0 fully saturated rings. The zero-order chi connectivity index (χ0) is 18.9. The van der Waals surface area contributed by atoms with Crippen molar-refractivity contribution in [1.29, 1.82) is 0 Å². The standard InChI is InChI=1S/C18H17F3N2O3/c1-11-6-7-15(26-11)17(25,18(19,20)21)8-9-22-16(24)13-10-23-14-5-3-2-4-12(13)14/h2-7,10,23,25H,8-9H2,1H3,(H,22,24)/t17-/m1/s1. The van der Waals surface area contributed by atoms with E-state index in [9.17, 15) is 23.1 Å². The number of para-hydroxylation sites is 1. The van der Waals surface area contributed by atoms with E-state index in [1.54, 1.807) is 24.3 Å². The molecule has 0 saturated heterocycles. The van der Waals surface area contributed by atoms with Crippen LogP contribution in [0.15, 0.2) is 47.0 Å². The van der Waals surface area contributed by atoms with Gasteiger partial charge >= 0.3 is 6.18 Å². The minimum absolute atomic E-state index is 0.255. The van der Waals surface area contributed by atoms with E-state index in [0.29, 0.717) is 10.9 Å². The Kier molecular flexibility index (Phi) is 4.53. The van der Waals surface area contributed by atoms with Crippen LogP contribution in [0.25, 0.3) is 10.9 Å². The van der Waals surface area contributed by atoms with E-state index >= 15 is 0 Å². The van der Waals surface area contributed by atoms with E-state index in [4.69, 9.17) is 4.42 Å². The summed E-state index contributed by atoms with van der Waals surface area (Å²) in [7, 11) is 0. The molecular formula is C18H17F3N2O3. The Labute approximate surface area is 146 Å². The highest BCUT2D eigenvalue weighted by Gasteiger charge is 2.56. The molecule has 1 amide bonds. The summed E-state index contributed by atoms with van der Waals surface area (Å²) in [5, 5.41) is 13.3. The maximum absolute atomic E-state index is 13.4. The topological polar surface area (TPSA) is 78.3 Å². The number of hydrogen-bond acceptors (Lipinski definition) is 3. The first-order chi connectivity index (χ1) is 12.2. The number of benzene rings is 1. The molecule has 1 aromatic carbocycles. The van der Waals surface area contributed by atoms with E-state index in [1.807, 2.05) is 0 Å². The van der Waals surface area contributed by atoms with Crippen molar-refractivity contribution in [2.75, 3.05) is 6.54 Å². The molecule has 0 radical (unpaired) electrons. The Bertz CT molecular complexity index is 929. The lowest BCUT2D eigenvalue weighted by molar-refractivity contribution is -0.274. The summed E-state index contributed by atoms with van der Waals surface area (Å²) in [6.07, 6.45) is -4.22. The fraction of sp³-hybridized carbons (Fsp3) is 0.278. The molecule has 3 N–H and O–H groups in total. The molecule has 0 bridgehead atoms. The van der Waals surface area contributed by atoms with Crippen LogP contribution in [0.5, 0.6) is 0 Å². The first-order valence-corrected chi connectivity index (χ1v) is 7.93. The van der Waals surface area contributed by atoms with Crippen LogP contribution in [-0.2, 0) is 5.60 Å². The average Bonchev–Trinajstić information content (AvgIpc) is 3.20. The summed E-state index contributed by atoms with van der Waals surface area (Å²) in [4.78, 5) is 15.2. The third-order valence-corrected chi connectivity index (χ3v) is 4.22. The molecule has 3 rings (SSSR count). The van der Waals surface area contributed by atoms with E-state index < -0.39 is 29.9 Å². The van der Waals surface area contributed by atoms with Crippen LogP contribution in [0.4, 0.5) is 13.2 Å². The summed E-state index contributed by atoms with van der Waals surface area (Å²) in [6, 6.07) is 9.51. The van der Waals surface area contributed by atoms with Gasteiger partial charge in [-0.2, -0.15) is 13.2 Å². The number of aliphatic hydroxyl groups is 1. The lowest BCUT2D eigenvalue weighted by Gasteiger charge is -2.28. The molecular weight excluding hydrogens is 349 g/mol. The van der Waals surface area contributed by atoms with E-state index in [2.05, 4.69) is 10.3 Å². The third kappa shape index (κ3) is 3.20. The minimum Gasteiger partial charge on any atom is -0.463 e. The van der Waals surface area contributed by atoms with Crippen LogP contribution in [0.1, 0.15) is 28.3 Å². The second kappa shape index (κ2) is 6.53. The largest absolute Gasteiger partial charge is 0.463 e. The number of rotatable bonds is 5. The van der Waals surface area contributed by atoms with Gasteiger partial charge in [-0.05, 0) is 25.1 Å². The van der Waals surface area contributed by atoms with Crippen LogP contribution < -0.4 is 5.32 Å². The Morgan fingerprint density at radius 1 is 1.23 bits per heavy atom. The number of aromatic amines is 1. The lowest BCUT2D eigenvalue weighted by Crippen LogP contribution is -2.44. The van der Waals surface area contributed by atoms with Crippen molar-refractivity contribution in [3.63, 3.8) is 0 Å². The molecule has 2 heterocycles. The SMILES string of the molecule is Cc1ccc([C@](O)(CCNC(=O)c2c[nH]c3ccccc23)C(F)(F)F)o1. The second-order valence-corrected chi connectivity index (χ2v) is 6.02. The van der Waals surface area contributed by atoms with Gasteiger partial charge in [0.2, 0.25) is 5.60 Å². The van der Waals surface area contributed by atoms with Crippen molar-refractivity contribution in [1.82, 2.24) is 10.3 Å². The molecule has 3 aromatic rings. The number of carbonyl (C=O) groups excluding carboxylic acids is 1. The number of alkyl halides is 3. The molecule has 8 heteroatoms. The van der Waals surface area contributed by atoms with Crippen molar-refractivity contribution in [2.24, 2.45) is 0 Å². The number of nitrogens with one attached hydrogen (secondary N) is 2. The molecule has 2 aromatic heterocycles. The van der Waals surface area contributed by atoms with Crippen LogP contribution in [0.3, 0.4) is 0 Å². The monoisotopic (exact) mass is 366 g/mol. The number of furan rings is 1. The summed E-state index contributed by atoms with van der Waals surface area (Å²) >= 11 is 0. The fourth-order valence-electron chi connectivity index (χ4n) is 2.77. The second-order valence-electron chi connectivity index (χ2n) is 6.02. The average molecular weight is 366 g/mol. The predicted molar refractivity (Wildman–Crippen MR) is 88.6 cm³/mol. The number of H-pyrrole nitrogens is 1. The van der Waals surface area contributed by atoms with Gasteiger partial charge in [-0.1, -0.05) is 18.2 Å². The van der Waals surface area contributed by atoms with E-state index in [-0.39, 0.29) is 12.3 Å². The molecule has 0 aliphatic rings. The highest BCUT2D eigenvalue weighted by atomic mass is 19.4. The van der Waals surface area contributed by atoms with Crippen molar-refractivity contribution in [3.8, 4) is 0 Å². The molecule has 0 saturated carbocycles. The van der Waals surface area contributed by atoms with Crippen molar-refractivity contribution < 1.29 is 27.5 Å². The molecule has 138 valence electrons. The van der Waals surface area contributed by atoms with Gasteiger partial charge in [-0.15, -0.1) is 0 Å². The van der Waals surface area contributed by atoms with Gasteiger partial charge in [0.05, 0.1) is 5.56 Å².